The van der Waals surface area contributed by atoms with Gasteiger partial charge >= 0.3 is 5.97 Å². The fourth-order valence-electron chi connectivity index (χ4n) is 1.87. The Bertz CT molecular complexity index is 612. The maximum absolute atomic E-state index is 12.5. The molecule has 1 saturated heterocycles. The minimum absolute atomic E-state index is 0.157. The number of hydrogen-bond acceptors (Lipinski definition) is 4. The zero-order valence-corrected chi connectivity index (χ0v) is 12.3. The Morgan fingerprint density at radius 3 is 2.63 bits per heavy atom. The number of carbonyl (C=O) groups is 1. The highest BCUT2D eigenvalue weighted by Crippen LogP contribution is 2.29. The molecule has 2 rings (SSSR count). The maximum atomic E-state index is 12.5. The van der Waals surface area contributed by atoms with Crippen molar-refractivity contribution in [2.45, 2.75) is 24.8 Å². The number of hydrogen-bond donors (Lipinski definition) is 1. The summed E-state index contributed by atoms with van der Waals surface area (Å²) in [7, 11) is -3.74. The number of aryl methyl sites for hydroxylation is 2. The molecule has 0 saturated carbocycles. The van der Waals surface area contributed by atoms with E-state index in [1.807, 2.05) is 13.8 Å². The van der Waals surface area contributed by atoms with Crippen LogP contribution >= 0.6 is 11.8 Å². The van der Waals surface area contributed by atoms with Crippen LogP contribution in [0.5, 0.6) is 0 Å². The van der Waals surface area contributed by atoms with Crippen molar-refractivity contribution < 1.29 is 18.3 Å². The van der Waals surface area contributed by atoms with Crippen LogP contribution in [0.15, 0.2) is 23.1 Å². The molecule has 1 aliphatic heterocycles. The van der Waals surface area contributed by atoms with Crippen molar-refractivity contribution in [2.24, 2.45) is 0 Å². The van der Waals surface area contributed by atoms with Gasteiger partial charge in [0.05, 0.1) is 10.8 Å². The smallest absolute Gasteiger partial charge is 0.322 e. The van der Waals surface area contributed by atoms with Crippen LogP contribution in [0.1, 0.15) is 11.1 Å². The second kappa shape index (κ2) is 5.15. The minimum Gasteiger partial charge on any atom is -0.480 e. The van der Waals surface area contributed by atoms with Gasteiger partial charge < -0.3 is 5.11 Å². The van der Waals surface area contributed by atoms with E-state index in [4.69, 9.17) is 5.11 Å². The van der Waals surface area contributed by atoms with E-state index < -0.39 is 22.0 Å². The molecule has 0 amide bonds. The molecule has 1 aliphatic rings. The molecule has 0 spiro atoms. The van der Waals surface area contributed by atoms with E-state index in [0.717, 1.165) is 15.4 Å². The van der Waals surface area contributed by atoms with Gasteiger partial charge in [0.2, 0.25) is 10.0 Å². The van der Waals surface area contributed by atoms with Gasteiger partial charge in [-0.3, -0.25) is 4.79 Å². The summed E-state index contributed by atoms with van der Waals surface area (Å²) >= 11 is 1.31. The molecule has 1 fully saturated rings. The first-order valence-electron chi connectivity index (χ1n) is 5.73. The van der Waals surface area contributed by atoms with Crippen molar-refractivity contribution in [1.82, 2.24) is 4.31 Å². The summed E-state index contributed by atoms with van der Waals surface area (Å²) in [5, 5.41) is 9.07. The third-order valence-corrected chi connectivity index (χ3v) is 6.24. The number of sulfonamides is 1. The molecule has 0 radical (unpaired) electrons. The Balaban J connectivity index is 2.42. The summed E-state index contributed by atoms with van der Waals surface area (Å²) in [6, 6.07) is 3.88. The van der Waals surface area contributed by atoms with E-state index >= 15 is 0 Å². The predicted octanol–water partition coefficient (Wildman–Crippen LogP) is 1.45. The van der Waals surface area contributed by atoms with Gasteiger partial charge in [-0.2, -0.15) is 4.31 Å². The van der Waals surface area contributed by atoms with Gasteiger partial charge in [0.1, 0.15) is 6.04 Å². The minimum atomic E-state index is -3.74. The molecule has 0 aliphatic carbocycles. The van der Waals surface area contributed by atoms with Gasteiger partial charge in [-0.05, 0) is 37.1 Å². The highest BCUT2D eigenvalue weighted by atomic mass is 32.2. The molecule has 104 valence electrons. The standard InChI is InChI=1S/C12H15NO4S2/c1-8-3-4-10(5-9(8)2)19(16,17)13-7-18-6-11(13)12(14)15/h3-5,11H,6-7H2,1-2H3,(H,14,15)/t11-/m0/s1. The molecule has 19 heavy (non-hydrogen) atoms. The monoisotopic (exact) mass is 301 g/mol. The first kappa shape index (κ1) is 14.4. The third-order valence-electron chi connectivity index (χ3n) is 3.21. The summed E-state index contributed by atoms with van der Waals surface area (Å²) in [6.07, 6.45) is 0. The summed E-state index contributed by atoms with van der Waals surface area (Å²) in [6.45, 7) is 3.74. The average molecular weight is 301 g/mol. The highest BCUT2D eigenvalue weighted by Gasteiger charge is 2.40. The summed E-state index contributed by atoms with van der Waals surface area (Å²) in [5.41, 5.74) is 1.88. The molecule has 0 unspecified atom stereocenters. The van der Waals surface area contributed by atoms with Crippen molar-refractivity contribution >= 4 is 27.8 Å². The first-order chi connectivity index (χ1) is 8.84. The number of benzene rings is 1. The zero-order chi connectivity index (χ0) is 14.2. The number of carboxylic acid groups (broad SMARTS) is 1. The SMILES string of the molecule is Cc1ccc(S(=O)(=O)N2CSC[C@H]2C(=O)O)cc1C. The molecule has 0 bridgehead atoms. The Hall–Kier alpha value is -1.05. The van der Waals surface area contributed by atoms with Gasteiger partial charge in [-0.1, -0.05) is 6.07 Å². The first-order valence-corrected chi connectivity index (χ1v) is 8.33. The molecular weight excluding hydrogens is 286 g/mol. The molecule has 1 heterocycles. The zero-order valence-electron chi connectivity index (χ0n) is 10.7. The Morgan fingerprint density at radius 2 is 2.05 bits per heavy atom. The van der Waals surface area contributed by atoms with Gasteiger partial charge in [-0.15, -0.1) is 11.8 Å². The lowest BCUT2D eigenvalue weighted by atomic mass is 10.1. The molecule has 1 N–H and O–H groups in total. The van der Waals surface area contributed by atoms with Crippen LogP contribution in [0.25, 0.3) is 0 Å². The Kier molecular flexibility index (Phi) is 3.89. The number of aliphatic carboxylic acids is 1. The van der Waals surface area contributed by atoms with Gasteiger partial charge in [0.15, 0.2) is 0 Å². The van der Waals surface area contributed by atoms with Crippen LogP contribution in [0.4, 0.5) is 0 Å². The summed E-state index contributed by atoms with van der Waals surface area (Å²) < 4.78 is 26.0. The summed E-state index contributed by atoms with van der Waals surface area (Å²) in [4.78, 5) is 11.2. The van der Waals surface area contributed by atoms with E-state index in [2.05, 4.69) is 0 Å². The number of nitrogens with zero attached hydrogens (tertiary/aromatic N) is 1. The van der Waals surface area contributed by atoms with Crippen LogP contribution in [0, 0.1) is 13.8 Å². The molecule has 5 nitrogen and oxygen atoms in total. The third kappa shape index (κ3) is 2.63. The predicted molar refractivity (Wildman–Crippen MR) is 73.7 cm³/mol. The fraction of sp³-hybridized carbons (Fsp3) is 0.417. The van der Waals surface area contributed by atoms with E-state index in [0.29, 0.717) is 5.75 Å². The van der Waals surface area contributed by atoms with Gasteiger partial charge in [0.25, 0.3) is 0 Å². The van der Waals surface area contributed by atoms with Crippen LogP contribution in [-0.4, -0.2) is 41.5 Å². The van der Waals surface area contributed by atoms with E-state index in [1.165, 1.54) is 17.8 Å². The van der Waals surface area contributed by atoms with E-state index in [-0.39, 0.29) is 10.8 Å². The number of thioether (sulfide) groups is 1. The van der Waals surface area contributed by atoms with Crippen molar-refractivity contribution in [2.75, 3.05) is 11.6 Å². The molecular formula is C12H15NO4S2. The fourth-order valence-corrected chi connectivity index (χ4v) is 5.09. The lowest BCUT2D eigenvalue weighted by Crippen LogP contribution is -2.41. The molecule has 0 aromatic heterocycles. The van der Waals surface area contributed by atoms with E-state index in [9.17, 15) is 13.2 Å². The number of carboxylic acids is 1. The van der Waals surface area contributed by atoms with Gasteiger partial charge in [-0.25, -0.2) is 8.42 Å². The van der Waals surface area contributed by atoms with E-state index in [1.54, 1.807) is 12.1 Å². The second-order valence-corrected chi connectivity index (χ2v) is 7.38. The lowest BCUT2D eigenvalue weighted by molar-refractivity contribution is -0.140. The van der Waals surface area contributed by atoms with Crippen LogP contribution < -0.4 is 0 Å². The van der Waals surface area contributed by atoms with Gasteiger partial charge in [0, 0.05) is 5.75 Å². The molecule has 1 atom stereocenters. The number of rotatable bonds is 3. The Labute approximate surface area is 116 Å². The second-order valence-electron chi connectivity index (χ2n) is 4.49. The maximum Gasteiger partial charge on any atom is 0.322 e. The average Bonchev–Trinajstić information content (AvgIpc) is 2.82. The quantitative estimate of drug-likeness (QED) is 0.914. The lowest BCUT2D eigenvalue weighted by Gasteiger charge is -2.20. The molecule has 1 aromatic rings. The van der Waals surface area contributed by atoms with Crippen molar-refractivity contribution in [1.29, 1.82) is 0 Å². The van der Waals surface area contributed by atoms with Crippen molar-refractivity contribution in [3.63, 3.8) is 0 Å². The van der Waals surface area contributed by atoms with Crippen molar-refractivity contribution in [3.8, 4) is 0 Å². The normalized spacial score (nSPS) is 20.6. The van der Waals surface area contributed by atoms with Crippen molar-refractivity contribution in [3.05, 3.63) is 29.3 Å². The topological polar surface area (TPSA) is 74.7 Å². The highest BCUT2D eigenvalue weighted by molar-refractivity contribution is 8.00. The Morgan fingerprint density at radius 1 is 1.37 bits per heavy atom. The molecule has 7 heteroatoms. The van der Waals surface area contributed by atoms with Crippen LogP contribution in [-0.2, 0) is 14.8 Å². The van der Waals surface area contributed by atoms with Crippen LogP contribution in [0.3, 0.4) is 0 Å². The largest absolute Gasteiger partial charge is 0.480 e. The molecule has 1 aromatic carbocycles. The van der Waals surface area contributed by atoms with Crippen LogP contribution in [0.2, 0.25) is 0 Å². The summed E-state index contributed by atoms with van der Waals surface area (Å²) in [5.74, 6) is -0.622.